The first kappa shape index (κ1) is 14.9. The molecule has 1 aromatic carbocycles. The van der Waals surface area contributed by atoms with Crippen LogP contribution in [0.2, 0.25) is 0 Å². The molecule has 0 amide bonds. The van der Waals surface area contributed by atoms with E-state index in [0.29, 0.717) is 13.0 Å². The van der Waals surface area contributed by atoms with Gasteiger partial charge in [0.25, 0.3) is 0 Å². The highest BCUT2D eigenvalue weighted by atomic mass is 16.5. The summed E-state index contributed by atoms with van der Waals surface area (Å²) in [5, 5.41) is 0. The van der Waals surface area contributed by atoms with Gasteiger partial charge in [0.2, 0.25) is 0 Å². The first-order valence-electron chi connectivity index (χ1n) is 6.66. The Morgan fingerprint density at radius 3 is 2.22 bits per heavy atom. The van der Waals surface area contributed by atoms with Gasteiger partial charge in [-0.15, -0.1) is 0 Å². The van der Waals surface area contributed by atoms with Crippen LogP contribution < -0.4 is 0 Å². The van der Waals surface area contributed by atoms with E-state index in [1.54, 1.807) is 0 Å². The van der Waals surface area contributed by atoms with Crippen molar-refractivity contribution in [2.45, 2.75) is 46.0 Å². The Balaban J connectivity index is 2.54. The van der Waals surface area contributed by atoms with Gasteiger partial charge in [0.1, 0.15) is 0 Å². The molecule has 0 aromatic heterocycles. The van der Waals surface area contributed by atoms with E-state index in [9.17, 15) is 4.79 Å². The summed E-state index contributed by atoms with van der Waals surface area (Å²) < 4.78 is 5.33. The zero-order valence-electron chi connectivity index (χ0n) is 12.0. The van der Waals surface area contributed by atoms with Crippen LogP contribution in [-0.2, 0) is 10.2 Å². The molecule has 1 aromatic rings. The predicted molar refractivity (Wildman–Crippen MR) is 75.2 cm³/mol. The SMILES string of the molecule is CCCOCCC(=O)c1ccc(C(C)(C)C)cc1. The quantitative estimate of drug-likeness (QED) is 0.562. The first-order chi connectivity index (χ1) is 8.45. The van der Waals surface area contributed by atoms with Crippen molar-refractivity contribution >= 4 is 5.78 Å². The van der Waals surface area contributed by atoms with Crippen LogP contribution in [0, 0.1) is 0 Å². The van der Waals surface area contributed by atoms with E-state index in [0.717, 1.165) is 18.6 Å². The first-order valence-corrected chi connectivity index (χ1v) is 6.66. The van der Waals surface area contributed by atoms with Crippen LogP contribution in [0.4, 0.5) is 0 Å². The number of ether oxygens (including phenoxy) is 1. The molecular formula is C16H24O2. The minimum atomic E-state index is 0.131. The van der Waals surface area contributed by atoms with E-state index in [2.05, 4.69) is 27.7 Å². The molecule has 2 heteroatoms. The molecule has 0 atom stereocenters. The summed E-state index contributed by atoms with van der Waals surface area (Å²) in [6.45, 7) is 9.82. The molecule has 0 N–H and O–H groups in total. The summed E-state index contributed by atoms with van der Waals surface area (Å²) in [6, 6.07) is 7.92. The number of hydrogen-bond acceptors (Lipinski definition) is 2. The Hall–Kier alpha value is -1.15. The minimum absolute atomic E-state index is 0.131. The van der Waals surface area contributed by atoms with Crippen molar-refractivity contribution in [1.29, 1.82) is 0 Å². The second-order valence-corrected chi connectivity index (χ2v) is 5.61. The fourth-order valence-electron chi connectivity index (χ4n) is 1.71. The predicted octanol–water partition coefficient (Wildman–Crippen LogP) is 3.98. The Morgan fingerprint density at radius 1 is 1.11 bits per heavy atom. The smallest absolute Gasteiger partial charge is 0.165 e. The molecule has 100 valence electrons. The Morgan fingerprint density at radius 2 is 1.72 bits per heavy atom. The number of rotatable bonds is 6. The Bertz CT molecular complexity index is 371. The number of hydrogen-bond donors (Lipinski definition) is 0. The lowest BCUT2D eigenvalue weighted by Crippen LogP contribution is -2.11. The average molecular weight is 248 g/mol. The molecule has 0 heterocycles. The van der Waals surface area contributed by atoms with Crippen LogP contribution in [0.1, 0.15) is 56.5 Å². The lowest BCUT2D eigenvalue weighted by Gasteiger charge is -2.18. The molecule has 0 saturated carbocycles. The third-order valence-corrected chi connectivity index (χ3v) is 2.89. The number of Topliss-reactive ketones (excluding diaryl/α,β-unsaturated/α-hetero) is 1. The number of ketones is 1. The largest absolute Gasteiger partial charge is 0.381 e. The number of benzene rings is 1. The standard InChI is InChI=1S/C16H24O2/c1-5-11-18-12-10-15(17)13-6-8-14(9-7-13)16(2,3)4/h6-9H,5,10-12H2,1-4H3. The molecule has 0 radical (unpaired) electrons. The zero-order chi connectivity index (χ0) is 13.6. The van der Waals surface area contributed by atoms with Crippen LogP contribution in [-0.4, -0.2) is 19.0 Å². The maximum Gasteiger partial charge on any atom is 0.165 e. The average Bonchev–Trinajstić information content (AvgIpc) is 2.33. The topological polar surface area (TPSA) is 26.3 Å². The van der Waals surface area contributed by atoms with E-state index >= 15 is 0 Å². The maximum atomic E-state index is 11.9. The maximum absolute atomic E-state index is 11.9. The van der Waals surface area contributed by atoms with E-state index in [1.807, 2.05) is 24.3 Å². The molecule has 0 saturated heterocycles. The number of carbonyl (C=O) groups excluding carboxylic acids is 1. The fourth-order valence-corrected chi connectivity index (χ4v) is 1.71. The molecule has 1 rings (SSSR count). The normalized spacial score (nSPS) is 11.6. The summed E-state index contributed by atoms with van der Waals surface area (Å²) >= 11 is 0. The van der Waals surface area contributed by atoms with Gasteiger partial charge in [0, 0.05) is 18.6 Å². The van der Waals surface area contributed by atoms with E-state index in [-0.39, 0.29) is 11.2 Å². The van der Waals surface area contributed by atoms with Crippen LogP contribution in [0.5, 0.6) is 0 Å². The monoisotopic (exact) mass is 248 g/mol. The highest BCUT2D eigenvalue weighted by Gasteiger charge is 2.14. The van der Waals surface area contributed by atoms with Gasteiger partial charge in [-0.1, -0.05) is 52.0 Å². The van der Waals surface area contributed by atoms with Gasteiger partial charge >= 0.3 is 0 Å². The van der Waals surface area contributed by atoms with Crippen molar-refractivity contribution in [3.05, 3.63) is 35.4 Å². The van der Waals surface area contributed by atoms with Crippen LogP contribution in [0.3, 0.4) is 0 Å². The highest BCUT2D eigenvalue weighted by molar-refractivity contribution is 5.96. The van der Waals surface area contributed by atoms with Crippen LogP contribution in [0.15, 0.2) is 24.3 Å². The Kier molecular flexibility index (Phi) is 5.54. The van der Waals surface area contributed by atoms with Crippen molar-refractivity contribution in [2.75, 3.05) is 13.2 Å². The molecule has 2 nitrogen and oxygen atoms in total. The molecule has 0 aliphatic rings. The van der Waals surface area contributed by atoms with Gasteiger partial charge in [-0.05, 0) is 17.4 Å². The molecule has 0 aliphatic carbocycles. The van der Waals surface area contributed by atoms with E-state index < -0.39 is 0 Å². The van der Waals surface area contributed by atoms with Gasteiger partial charge in [0.05, 0.1) is 6.61 Å². The van der Waals surface area contributed by atoms with Gasteiger partial charge in [-0.3, -0.25) is 4.79 Å². The summed E-state index contributed by atoms with van der Waals surface area (Å²) in [6.07, 6.45) is 1.46. The molecule has 18 heavy (non-hydrogen) atoms. The van der Waals surface area contributed by atoms with Gasteiger partial charge in [-0.25, -0.2) is 0 Å². The second-order valence-electron chi connectivity index (χ2n) is 5.61. The zero-order valence-corrected chi connectivity index (χ0v) is 12.0. The molecule has 0 spiro atoms. The van der Waals surface area contributed by atoms with Crippen LogP contribution >= 0.6 is 0 Å². The van der Waals surface area contributed by atoms with Crippen molar-refractivity contribution < 1.29 is 9.53 Å². The summed E-state index contributed by atoms with van der Waals surface area (Å²) in [5.74, 6) is 0.159. The minimum Gasteiger partial charge on any atom is -0.381 e. The van der Waals surface area contributed by atoms with Gasteiger partial charge < -0.3 is 4.74 Å². The van der Waals surface area contributed by atoms with Gasteiger partial charge in [0.15, 0.2) is 5.78 Å². The van der Waals surface area contributed by atoms with Crippen LogP contribution in [0.25, 0.3) is 0 Å². The third kappa shape index (κ3) is 4.61. The van der Waals surface area contributed by atoms with Crippen molar-refractivity contribution in [1.82, 2.24) is 0 Å². The molecule has 0 unspecified atom stereocenters. The summed E-state index contributed by atoms with van der Waals surface area (Å²) in [4.78, 5) is 11.9. The lowest BCUT2D eigenvalue weighted by molar-refractivity contribution is 0.0879. The van der Waals surface area contributed by atoms with Crippen molar-refractivity contribution in [2.24, 2.45) is 0 Å². The molecule has 0 aliphatic heterocycles. The summed E-state index contributed by atoms with van der Waals surface area (Å²) in [7, 11) is 0. The van der Waals surface area contributed by atoms with Gasteiger partial charge in [-0.2, -0.15) is 0 Å². The highest BCUT2D eigenvalue weighted by Crippen LogP contribution is 2.22. The van der Waals surface area contributed by atoms with E-state index in [4.69, 9.17) is 4.74 Å². The Labute approximate surface area is 110 Å². The lowest BCUT2D eigenvalue weighted by atomic mass is 9.86. The van der Waals surface area contributed by atoms with E-state index in [1.165, 1.54) is 5.56 Å². The molecule has 0 bridgehead atoms. The third-order valence-electron chi connectivity index (χ3n) is 2.89. The number of carbonyl (C=O) groups is 1. The molecule has 0 fully saturated rings. The van der Waals surface area contributed by atoms with Crippen molar-refractivity contribution in [3.8, 4) is 0 Å². The summed E-state index contributed by atoms with van der Waals surface area (Å²) in [5.41, 5.74) is 2.16. The molecular weight excluding hydrogens is 224 g/mol. The second kappa shape index (κ2) is 6.69. The van der Waals surface area contributed by atoms with Crippen molar-refractivity contribution in [3.63, 3.8) is 0 Å². The fraction of sp³-hybridized carbons (Fsp3) is 0.562.